The zero-order chi connectivity index (χ0) is 18.0. The number of carbonyl (C=O) groups is 1. The van der Waals surface area contributed by atoms with Crippen LogP contribution >= 0.6 is 0 Å². The zero-order valence-electron chi connectivity index (χ0n) is 15.4. The van der Waals surface area contributed by atoms with Crippen molar-refractivity contribution in [2.24, 2.45) is 5.73 Å². The molecule has 136 valence electrons. The van der Waals surface area contributed by atoms with E-state index in [-0.39, 0.29) is 6.09 Å². The van der Waals surface area contributed by atoms with Crippen LogP contribution in [-0.4, -0.2) is 45.8 Å². The number of carbonyl (C=O) groups excluding carboxylic acids is 1. The van der Waals surface area contributed by atoms with Gasteiger partial charge in [-0.2, -0.15) is 0 Å². The van der Waals surface area contributed by atoms with Crippen molar-refractivity contribution in [3.05, 3.63) is 30.1 Å². The highest BCUT2D eigenvalue weighted by Crippen LogP contribution is 2.29. The van der Waals surface area contributed by atoms with Crippen molar-refractivity contribution in [3.8, 4) is 0 Å². The van der Waals surface area contributed by atoms with Crippen LogP contribution in [0.3, 0.4) is 0 Å². The highest BCUT2D eigenvalue weighted by Gasteiger charge is 2.29. The van der Waals surface area contributed by atoms with Crippen LogP contribution in [0.2, 0.25) is 0 Å². The molecular weight excluding hydrogens is 316 g/mol. The summed E-state index contributed by atoms with van der Waals surface area (Å²) in [7, 11) is 0. The molecule has 0 bridgehead atoms. The lowest BCUT2D eigenvalue weighted by Gasteiger charge is -2.34. The number of amides is 1. The monoisotopic (exact) mass is 344 g/mol. The first-order chi connectivity index (χ1) is 11.9. The van der Waals surface area contributed by atoms with Crippen LogP contribution in [0.5, 0.6) is 0 Å². The Balaban J connectivity index is 1.76. The van der Waals surface area contributed by atoms with Crippen LogP contribution in [0.15, 0.2) is 24.3 Å². The van der Waals surface area contributed by atoms with Crippen LogP contribution in [0.4, 0.5) is 4.79 Å². The smallest absolute Gasteiger partial charge is 0.410 e. The van der Waals surface area contributed by atoms with Gasteiger partial charge in [-0.1, -0.05) is 12.1 Å². The van der Waals surface area contributed by atoms with Crippen molar-refractivity contribution >= 4 is 17.1 Å². The average molecular weight is 344 g/mol. The number of fused-ring (bicyclic) bond motifs is 1. The van der Waals surface area contributed by atoms with E-state index in [1.54, 1.807) is 0 Å². The number of likely N-dealkylation sites (tertiary alicyclic amines) is 1. The Kier molecular flexibility index (Phi) is 4.99. The number of para-hydroxylation sites is 2. The lowest BCUT2D eigenvalue weighted by atomic mass is 10.0. The van der Waals surface area contributed by atoms with E-state index in [1.807, 2.05) is 43.9 Å². The molecule has 0 saturated carbocycles. The maximum atomic E-state index is 12.3. The molecular formula is C19H28N4O2. The van der Waals surface area contributed by atoms with E-state index in [0.29, 0.717) is 25.7 Å². The number of benzene rings is 1. The number of imidazole rings is 1. The molecule has 0 radical (unpaired) electrons. The topological polar surface area (TPSA) is 73.4 Å². The number of rotatable bonds is 3. The average Bonchev–Trinajstić information content (AvgIpc) is 2.92. The summed E-state index contributed by atoms with van der Waals surface area (Å²) in [5, 5.41) is 0. The van der Waals surface area contributed by atoms with Crippen LogP contribution in [0.1, 0.15) is 45.5 Å². The fourth-order valence-electron chi connectivity index (χ4n) is 3.44. The molecule has 1 aliphatic heterocycles. The standard InChI is InChI=1S/C19H28N4O2/c1-19(2,3)25-18(24)22-12-9-14(10-13-22)23-16-7-5-4-6-15(16)21-17(23)8-11-20/h4-7,14H,8-13,20H2,1-3H3. The van der Waals surface area contributed by atoms with Crippen LogP contribution in [0.25, 0.3) is 11.0 Å². The summed E-state index contributed by atoms with van der Waals surface area (Å²) in [5.74, 6) is 1.04. The summed E-state index contributed by atoms with van der Waals surface area (Å²) in [5.41, 5.74) is 7.49. The molecule has 2 aromatic rings. The third-order valence-corrected chi connectivity index (χ3v) is 4.52. The molecule has 0 atom stereocenters. The largest absolute Gasteiger partial charge is 0.444 e. The van der Waals surface area contributed by atoms with E-state index >= 15 is 0 Å². The fraction of sp³-hybridized carbons (Fsp3) is 0.579. The van der Waals surface area contributed by atoms with Crippen molar-refractivity contribution in [2.45, 2.75) is 51.7 Å². The molecule has 3 rings (SSSR count). The molecule has 2 heterocycles. The number of ether oxygens (including phenoxy) is 1. The molecule has 2 N–H and O–H groups in total. The highest BCUT2D eigenvalue weighted by molar-refractivity contribution is 5.76. The van der Waals surface area contributed by atoms with Crippen LogP contribution in [0, 0.1) is 0 Å². The Hall–Kier alpha value is -2.08. The van der Waals surface area contributed by atoms with Gasteiger partial charge in [-0.05, 0) is 52.3 Å². The molecule has 0 spiro atoms. The summed E-state index contributed by atoms with van der Waals surface area (Å²) in [6.07, 6.45) is 2.35. The Labute approximate surface area is 149 Å². The summed E-state index contributed by atoms with van der Waals surface area (Å²) in [6, 6.07) is 8.55. The van der Waals surface area contributed by atoms with Gasteiger partial charge in [0, 0.05) is 25.6 Å². The van der Waals surface area contributed by atoms with Gasteiger partial charge in [-0.15, -0.1) is 0 Å². The number of piperidine rings is 1. The lowest BCUT2D eigenvalue weighted by molar-refractivity contribution is 0.0189. The van der Waals surface area contributed by atoms with Gasteiger partial charge >= 0.3 is 6.09 Å². The molecule has 1 aromatic carbocycles. The predicted molar refractivity (Wildman–Crippen MR) is 98.6 cm³/mol. The zero-order valence-corrected chi connectivity index (χ0v) is 15.4. The number of hydrogen-bond acceptors (Lipinski definition) is 4. The van der Waals surface area contributed by atoms with Crippen molar-refractivity contribution < 1.29 is 9.53 Å². The van der Waals surface area contributed by atoms with E-state index in [2.05, 4.69) is 10.6 Å². The molecule has 6 nitrogen and oxygen atoms in total. The summed E-state index contributed by atoms with van der Waals surface area (Å²) >= 11 is 0. The molecule has 1 fully saturated rings. The number of nitrogens with two attached hydrogens (primary N) is 1. The van der Waals surface area contributed by atoms with E-state index in [9.17, 15) is 4.79 Å². The Morgan fingerprint density at radius 1 is 1.28 bits per heavy atom. The van der Waals surface area contributed by atoms with Crippen molar-refractivity contribution in [1.82, 2.24) is 14.5 Å². The lowest BCUT2D eigenvalue weighted by Crippen LogP contribution is -2.42. The molecule has 1 aliphatic rings. The second-order valence-corrected chi connectivity index (χ2v) is 7.62. The molecule has 0 unspecified atom stereocenters. The van der Waals surface area contributed by atoms with E-state index in [1.165, 1.54) is 0 Å². The van der Waals surface area contributed by atoms with Gasteiger partial charge in [0.1, 0.15) is 11.4 Å². The minimum atomic E-state index is -0.456. The first kappa shape index (κ1) is 17.7. The second-order valence-electron chi connectivity index (χ2n) is 7.62. The summed E-state index contributed by atoms with van der Waals surface area (Å²) in [4.78, 5) is 18.8. The van der Waals surface area contributed by atoms with Gasteiger partial charge in [0.25, 0.3) is 0 Å². The molecule has 1 saturated heterocycles. The van der Waals surface area contributed by atoms with E-state index in [0.717, 1.165) is 36.1 Å². The Morgan fingerprint density at radius 2 is 1.96 bits per heavy atom. The first-order valence-corrected chi connectivity index (χ1v) is 9.03. The molecule has 1 amide bonds. The van der Waals surface area contributed by atoms with Gasteiger partial charge in [0.05, 0.1) is 11.0 Å². The number of nitrogens with zero attached hydrogens (tertiary/aromatic N) is 3. The van der Waals surface area contributed by atoms with Crippen molar-refractivity contribution in [3.63, 3.8) is 0 Å². The third kappa shape index (κ3) is 3.95. The van der Waals surface area contributed by atoms with Gasteiger partial charge in [-0.3, -0.25) is 0 Å². The van der Waals surface area contributed by atoms with Crippen molar-refractivity contribution in [1.29, 1.82) is 0 Å². The third-order valence-electron chi connectivity index (χ3n) is 4.52. The molecule has 6 heteroatoms. The van der Waals surface area contributed by atoms with Gasteiger partial charge in [0.2, 0.25) is 0 Å². The van der Waals surface area contributed by atoms with Crippen molar-refractivity contribution in [2.75, 3.05) is 19.6 Å². The Morgan fingerprint density at radius 3 is 2.60 bits per heavy atom. The van der Waals surface area contributed by atoms with Gasteiger partial charge in [-0.25, -0.2) is 9.78 Å². The molecule has 25 heavy (non-hydrogen) atoms. The van der Waals surface area contributed by atoms with Crippen LogP contribution in [-0.2, 0) is 11.2 Å². The maximum Gasteiger partial charge on any atom is 0.410 e. The van der Waals surface area contributed by atoms with E-state index in [4.69, 9.17) is 15.5 Å². The normalized spacial score (nSPS) is 16.4. The maximum absolute atomic E-state index is 12.3. The minimum absolute atomic E-state index is 0.219. The van der Waals surface area contributed by atoms with Gasteiger partial charge in [0.15, 0.2) is 0 Å². The number of hydrogen-bond donors (Lipinski definition) is 1. The van der Waals surface area contributed by atoms with Crippen LogP contribution < -0.4 is 5.73 Å². The predicted octanol–water partition coefficient (Wildman–Crippen LogP) is 3.11. The number of aromatic nitrogens is 2. The fourth-order valence-corrected chi connectivity index (χ4v) is 3.44. The SMILES string of the molecule is CC(C)(C)OC(=O)N1CCC(n2c(CCN)nc3ccccc32)CC1. The molecule has 1 aromatic heterocycles. The van der Waals surface area contributed by atoms with E-state index < -0.39 is 5.60 Å². The minimum Gasteiger partial charge on any atom is -0.444 e. The highest BCUT2D eigenvalue weighted by atomic mass is 16.6. The second kappa shape index (κ2) is 7.04. The first-order valence-electron chi connectivity index (χ1n) is 9.03. The summed E-state index contributed by atoms with van der Waals surface area (Å²) in [6.45, 7) is 7.68. The summed E-state index contributed by atoms with van der Waals surface area (Å²) < 4.78 is 7.81. The molecule has 0 aliphatic carbocycles. The Bertz CT molecular complexity index is 739. The van der Waals surface area contributed by atoms with Gasteiger partial charge < -0.3 is 19.9 Å². The quantitative estimate of drug-likeness (QED) is 0.928.